The van der Waals surface area contributed by atoms with E-state index in [-0.39, 0.29) is 36.8 Å². The van der Waals surface area contributed by atoms with Crippen molar-refractivity contribution in [1.82, 2.24) is 5.32 Å². The minimum absolute atomic E-state index is 0.0401. The molecule has 0 bridgehead atoms. The van der Waals surface area contributed by atoms with Crippen LogP contribution in [0.2, 0.25) is 0 Å². The summed E-state index contributed by atoms with van der Waals surface area (Å²) in [4.78, 5) is 26.7. The number of nitrogens with one attached hydrogen (secondary N) is 1. The van der Waals surface area contributed by atoms with Gasteiger partial charge in [0.25, 0.3) is 0 Å². The number of hydrogen-bond acceptors (Lipinski definition) is 4. The molecule has 0 spiro atoms. The van der Waals surface area contributed by atoms with Gasteiger partial charge in [0, 0.05) is 18.9 Å². The summed E-state index contributed by atoms with van der Waals surface area (Å²) in [5, 5.41) is 3.01. The molecule has 0 saturated carbocycles. The lowest BCUT2D eigenvalue weighted by Crippen LogP contribution is -2.39. The summed E-state index contributed by atoms with van der Waals surface area (Å²) in [6.07, 6.45) is 2.23. The van der Waals surface area contributed by atoms with E-state index < -0.39 is 0 Å². The van der Waals surface area contributed by atoms with Crippen LogP contribution in [0.4, 0.5) is 5.69 Å². The fraction of sp³-hybridized carbons (Fsp3) is 0.440. The van der Waals surface area contributed by atoms with Crippen LogP contribution >= 0.6 is 0 Å². The Bertz CT molecular complexity index is 879. The van der Waals surface area contributed by atoms with Gasteiger partial charge in [-0.3, -0.25) is 9.59 Å². The van der Waals surface area contributed by atoms with Crippen LogP contribution in [0.5, 0.6) is 11.5 Å². The Kier molecular flexibility index (Phi) is 7.93. The van der Waals surface area contributed by atoms with Gasteiger partial charge in [-0.1, -0.05) is 24.3 Å². The first kappa shape index (κ1) is 22.7. The Balaban J connectivity index is 1.40. The molecule has 2 aromatic carbocycles. The lowest BCUT2D eigenvalue weighted by atomic mass is 10.1. The van der Waals surface area contributed by atoms with Crippen molar-refractivity contribution in [2.24, 2.45) is 0 Å². The number of para-hydroxylation sites is 2. The van der Waals surface area contributed by atoms with E-state index in [1.165, 1.54) is 5.56 Å². The number of fused-ring (bicyclic) bond motifs is 1. The van der Waals surface area contributed by atoms with E-state index in [1.54, 1.807) is 4.90 Å². The fourth-order valence-electron chi connectivity index (χ4n) is 3.59. The van der Waals surface area contributed by atoms with E-state index >= 15 is 0 Å². The van der Waals surface area contributed by atoms with Crippen LogP contribution in [0.1, 0.15) is 45.6 Å². The van der Waals surface area contributed by atoms with E-state index in [0.29, 0.717) is 18.9 Å². The average Bonchev–Trinajstić information content (AvgIpc) is 2.76. The lowest BCUT2D eigenvalue weighted by Gasteiger charge is -2.29. The summed E-state index contributed by atoms with van der Waals surface area (Å²) in [6, 6.07) is 15.6. The molecular weight excluding hydrogens is 392 g/mol. The highest BCUT2D eigenvalue weighted by atomic mass is 16.5. The van der Waals surface area contributed by atoms with Gasteiger partial charge < -0.3 is 19.7 Å². The van der Waals surface area contributed by atoms with Crippen LogP contribution in [0, 0.1) is 0 Å². The number of amides is 2. The first-order valence-electron chi connectivity index (χ1n) is 11.0. The van der Waals surface area contributed by atoms with E-state index in [4.69, 9.17) is 9.47 Å². The molecule has 1 atom stereocenters. The van der Waals surface area contributed by atoms with E-state index in [9.17, 15) is 9.59 Å². The van der Waals surface area contributed by atoms with E-state index in [2.05, 4.69) is 17.4 Å². The van der Waals surface area contributed by atoms with Crippen LogP contribution in [-0.2, 0) is 16.0 Å². The highest BCUT2D eigenvalue weighted by molar-refractivity contribution is 5.97. The summed E-state index contributed by atoms with van der Waals surface area (Å²) in [5.41, 5.74) is 1.98. The summed E-state index contributed by atoms with van der Waals surface area (Å²) < 4.78 is 11.3. The third kappa shape index (κ3) is 6.74. The van der Waals surface area contributed by atoms with Gasteiger partial charge in [-0.15, -0.1) is 0 Å². The Labute approximate surface area is 184 Å². The number of carbonyl (C=O) groups is 2. The zero-order valence-electron chi connectivity index (χ0n) is 18.6. The number of rotatable bonds is 9. The van der Waals surface area contributed by atoms with Gasteiger partial charge in [-0.05, 0) is 63.4 Å². The van der Waals surface area contributed by atoms with Crippen molar-refractivity contribution in [2.75, 3.05) is 18.1 Å². The topological polar surface area (TPSA) is 67.9 Å². The van der Waals surface area contributed by atoms with Crippen LogP contribution in [-0.4, -0.2) is 37.1 Å². The molecule has 3 rings (SSSR count). The molecule has 0 aliphatic carbocycles. The molecule has 0 radical (unpaired) electrons. The zero-order chi connectivity index (χ0) is 22.2. The van der Waals surface area contributed by atoms with Crippen molar-refractivity contribution in [3.8, 4) is 11.5 Å². The van der Waals surface area contributed by atoms with E-state index in [0.717, 1.165) is 24.3 Å². The van der Waals surface area contributed by atoms with Crippen LogP contribution < -0.4 is 19.7 Å². The predicted molar refractivity (Wildman–Crippen MR) is 122 cm³/mol. The third-order valence-corrected chi connectivity index (χ3v) is 5.16. The maximum absolute atomic E-state index is 12.6. The highest BCUT2D eigenvalue weighted by Crippen LogP contribution is 2.31. The molecular formula is C25H32N2O4. The average molecular weight is 425 g/mol. The molecule has 2 aromatic rings. The Morgan fingerprint density at radius 3 is 2.55 bits per heavy atom. The first-order valence-corrected chi connectivity index (χ1v) is 11.0. The quantitative estimate of drug-likeness (QED) is 0.658. The van der Waals surface area contributed by atoms with E-state index in [1.807, 2.05) is 57.2 Å². The molecule has 0 aromatic heterocycles. The van der Waals surface area contributed by atoms with Crippen molar-refractivity contribution in [3.63, 3.8) is 0 Å². The smallest absolute Gasteiger partial charge is 0.227 e. The van der Waals surface area contributed by atoms with Crippen molar-refractivity contribution >= 4 is 17.5 Å². The number of anilines is 1. The monoisotopic (exact) mass is 424 g/mol. The molecule has 6 nitrogen and oxygen atoms in total. The number of hydrogen-bond donors (Lipinski definition) is 1. The number of benzene rings is 2. The largest absolute Gasteiger partial charge is 0.491 e. The van der Waals surface area contributed by atoms with Crippen molar-refractivity contribution in [2.45, 2.75) is 58.6 Å². The lowest BCUT2D eigenvalue weighted by molar-refractivity contribution is -0.125. The first-order chi connectivity index (χ1) is 14.9. The number of ether oxygens (including phenoxy) is 2. The van der Waals surface area contributed by atoms with Gasteiger partial charge in [-0.25, -0.2) is 0 Å². The molecule has 1 aliphatic heterocycles. The van der Waals surface area contributed by atoms with Crippen molar-refractivity contribution in [3.05, 3.63) is 54.1 Å². The molecule has 0 fully saturated rings. The molecule has 1 unspecified atom stereocenters. The second-order valence-corrected chi connectivity index (χ2v) is 8.18. The summed E-state index contributed by atoms with van der Waals surface area (Å²) in [6.45, 7) is 6.98. The molecule has 1 aliphatic rings. The number of nitrogens with zero attached hydrogens (tertiary/aromatic N) is 1. The minimum Gasteiger partial charge on any atom is -0.491 e. The van der Waals surface area contributed by atoms with Gasteiger partial charge in [0.15, 0.2) is 0 Å². The second kappa shape index (κ2) is 10.8. The van der Waals surface area contributed by atoms with Crippen LogP contribution in [0.15, 0.2) is 48.5 Å². The Morgan fingerprint density at radius 2 is 1.81 bits per heavy atom. The van der Waals surface area contributed by atoms with Crippen molar-refractivity contribution < 1.29 is 19.1 Å². The Morgan fingerprint density at radius 1 is 1.06 bits per heavy atom. The van der Waals surface area contributed by atoms with Gasteiger partial charge in [0.05, 0.1) is 18.3 Å². The summed E-state index contributed by atoms with van der Waals surface area (Å²) in [5.74, 6) is 1.43. The molecule has 31 heavy (non-hydrogen) atoms. The molecule has 2 amide bonds. The maximum atomic E-state index is 12.6. The van der Waals surface area contributed by atoms with Gasteiger partial charge in [0.2, 0.25) is 11.8 Å². The molecule has 1 N–H and O–H groups in total. The number of carbonyl (C=O) groups excluding carboxylic acids is 2. The van der Waals surface area contributed by atoms with Gasteiger partial charge in [-0.2, -0.15) is 0 Å². The molecule has 6 heteroatoms. The van der Waals surface area contributed by atoms with Crippen LogP contribution in [0.25, 0.3) is 0 Å². The number of aryl methyl sites for hydroxylation is 1. The standard InChI is InChI=1S/C25H32N2O4/c1-18(2)31-21-12-10-20(11-13-21)9-8-19(3)26-24(28)14-15-25(29)27-16-17-30-23-7-5-4-6-22(23)27/h4-7,10-13,18-19H,8-9,14-17H2,1-3H3,(H,26,28). The SMILES string of the molecule is CC(CCc1ccc(OC(C)C)cc1)NC(=O)CCC(=O)N1CCOc2ccccc21. The second-order valence-electron chi connectivity index (χ2n) is 8.18. The molecule has 1 heterocycles. The van der Waals surface area contributed by atoms with Gasteiger partial charge >= 0.3 is 0 Å². The molecule has 166 valence electrons. The van der Waals surface area contributed by atoms with Crippen molar-refractivity contribution in [1.29, 1.82) is 0 Å². The van der Waals surface area contributed by atoms with Gasteiger partial charge in [0.1, 0.15) is 18.1 Å². The summed E-state index contributed by atoms with van der Waals surface area (Å²) in [7, 11) is 0. The maximum Gasteiger partial charge on any atom is 0.227 e. The summed E-state index contributed by atoms with van der Waals surface area (Å²) >= 11 is 0. The normalized spacial score (nSPS) is 13.9. The fourth-order valence-corrected chi connectivity index (χ4v) is 3.59. The Hall–Kier alpha value is -3.02. The predicted octanol–water partition coefficient (Wildman–Crippen LogP) is 4.12. The highest BCUT2D eigenvalue weighted by Gasteiger charge is 2.23. The minimum atomic E-state index is -0.0944. The molecule has 0 saturated heterocycles. The van der Waals surface area contributed by atoms with Crippen LogP contribution in [0.3, 0.4) is 0 Å². The third-order valence-electron chi connectivity index (χ3n) is 5.16. The zero-order valence-corrected chi connectivity index (χ0v) is 18.6.